The van der Waals surface area contributed by atoms with Gasteiger partial charge in [-0.25, -0.2) is 12.8 Å². The van der Waals surface area contributed by atoms with Gasteiger partial charge in [0.25, 0.3) is 0 Å². The quantitative estimate of drug-likeness (QED) is 0.781. The molecule has 1 aliphatic rings. The molecule has 1 aliphatic heterocycles. The normalized spacial score (nSPS) is 22.6. The Kier molecular flexibility index (Phi) is 6.81. The van der Waals surface area contributed by atoms with E-state index >= 15 is 0 Å². The van der Waals surface area contributed by atoms with Crippen molar-refractivity contribution < 1.29 is 22.7 Å². The number of aliphatic hydroxyl groups excluding tert-OH is 1. The Morgan fingerprint density at radius 1 is 1.20 bits per heavy atom. The van der Waals surface area contributed by atoms with Crippen LogP contribution in [0, 0.1) is 11.7 Å². The molecule has 6 nitrogen and oxygen atoms in total. The Bertz CT molecular complexity index is 979. The molecule has 0 radical (unpaired) electrons. The van der Waals surface area contributed by atoms with Crippen LogP contribution in [-0.2, 0) is 10.0 Å². The Balaban J connectivity index is 2.14. The van der Waals surface area contributed by atoms with Crippen LogP contribution in [-0.4, -0.2) is 68.7 Å². The molecular weight excluding hydrogens is 407 g/mol. The standard InChI is InChI=1S/C22H29FN2O4S/c1-15-12-25(16(2)14-26)30(27,28)22-10-7-18(17-5-8-19(23)9-6-17)11-20(22)29-21(15)13-24(3)4/h5-11,15-16,21,26H,12-14H2,1-4H3/t15-,16+,21+/m0/s1. The lowest BCUT2D eigenvalue weighted by Crippen LogP contribution is -2.49. The van der Waals surface area contributed by atoms with Crippen LogP contribution in [0.4, 0.5) is 4.39 Å². The summed E-state index contributed by atoms with van der Waals surface area (Å²) in [7, 11) is 0.0103. The Morgan fingerprint density at radius 2 is 1.83 bits per heavy atom. The van der Waals surface area contributed by atoms with Crippen molar-refractivity contribution in [2.24, 2.45) is 5.92 Å². The predicted molar refractivity (Wildman–Crippen MR) is 114 cm³/mol. The summed E-state index contributed by atoms with van der Waals surface area (Å²) in [6.45, 7) is 4.24. The van der Waals surface area contributed by atoms with Crippen LogP contribution in [0.5, 0.6) is 5.75 Å². The third-order valence-corrected chi connectivity index (χ3v) is 7.41. The smallest absolute Gasteiger partial charge is 0.247 e. The second-order valence-electron chi connectivity index (χ2n) is 8.17. The number of fused-ring (bicyclic) bond motifs is 1. The topological polar surface area (TPSA) is 70.1 Å². The van der Waals surface area contributed by atoms with Crippen LogP contribution in [0.15, 0.2) is 47.4 Å². The van der Waals surface area contributed by atoms with E-state index in [1.54, 1.807) is 31.2 Å². The molecule has 2 aromatic rings. The van der Waals surface area contributed by atoms with Gasteiger partial charge in [0, 0.05) is 25.0 Å². The predicted octanol–water partition coefficient (Wildman–Crippen LogP) is 2.82. The summed E-state index contributed by atoms with van der Waals surface area (Å²) in [4.78, 5) is 2.07. The second-order valence-corrected chi connectivity index (χ2v) is 10.0. The van der Waals surface area contributed by atoms with Crippen molar-refractivity contribution in [3.05, 3.63) is 48.3 Å². The maximum Gasteiger partial charge on any atom is 0.247 e. The van der Waals surface area contributed by atoms with Crippen LogP contribution in [0.25, 0.3) is 11.1 Å². The SMILES string of the molecule is C[C@H](CO)N1C[C@H](C)[C@@H](CN(C)C)Oc2cc(-c3ccc(F)cc3)ccc2S1(=O)=O. The van der Waals surface area contributed by atoms with E-state index in [9.17, 15) is 17.9 Å². The third kappa shape index (κ3) is 4.67. The molecule has 0 unspecified atom stereocenters. The van der Waals surface area contributed by atoms with Gasteiger partial charge in [0.2, 0.25) is 10.0 Å². The lowest BCUT2D eigenvalue weighted by atomic mass is 10.0. The number of benzene rings is 2. The molecule has 2 aromatic carbocycles. The number of hydrogen-bond acceptors (Lipinski definition) is 5. The molecule has 164 valence electrons. The maximum absolute atomic E-state index is 13.4. The first-order chi connectivity index (χ1) is 14.1. The number of likely N-dealkylation sites (N-methyl/N-ethyl adjacent to an activating group) is 1. The second kappa shape index (κ2) is 9.01. The molecule has 1 N–H and O–H groups in total. The number of halogens is 1. The highest BCUT2D eigenvalue weighted by molar-refractivity contribution is 7.89. The van der Waals surface area contributed by atoms with Crippen LogP contribution in [0.2, 0.25) is 0 Å². The molecule has 0 saturated heterocycles. The van der Waals surface area contributed by atoms with Crippen molar-refractivity contribution in [3.8, 4) is 16.9 Å². The largest absolute Gasteiger partial charge is 0.487 e. The number of ether oxygens (including phenoxy) is 1. The lowest BCUT2D eigenvalue weighted by molar-refractivity contribution is 0.0813. The summed E-state index contributed by atoms with van der Waals surface area (Å²) in [5.41, 5.74) is 1.50. The fraction of sp³-hybridized carbons (Fsp3) is 0.455. The van der Waals surface area contributed by atoms with Gasteiger partial charge in [-0.1, -0.05) is 25.1 Å². The minimum Gasteiger partial charge on any atom is -0.487 e. The zero-order valence-electron chi connectivity index (χ0n) is 17.7. The highest BCUT2D eigenvalue weighted by atomic mass is 32.2. The van der Waals surface area contributed by atoms with Crippen molar-refractivity contribution in [2.45, 2.75) is 30.9 Å². The van der Waals surface area contributed by atoms with Crippen LogP contribution in [0.1, 0.15) is 13.8 Å². The Hall–Kier alpha value is -2.00. The first-order valence-electron chi connectivity index (χ1n) is 9.97. The molecule has 0 spiro atoms. The van der Waals surface area contributed by atoms with Gasteiger partial charge >= 0.3 is 0 Å². The average molecular weight is 437 g/mol. The van der Waals surface area contributed by atoms with E-state index < -0.39 is 16.1 Å². The number of nitrogens with zero attached hydrogens (tertiary/aromatic N) is 2. The molecule has 8 heteroatoms. The van der Waals surface area contributed by atoms with E-state index in [1.807, 2.05) is 25.9 Å². The molecule has 0 bridgehead atoms. The van der Waals surface area contributed by atoms with Crippen molar-refractivity contribution in [3.63, 3.8) is 0 Å². The van der Waals surface area contributed by atoms with E-state index in [0.717, 1.165) is 11.1 Å². The third-order valence-electron chi connectivity index (χ3n) is 5.39. The molecular formula is C22H29FN2O4S. The molecule has 3 atom stereocenters. The van der Waals surface area contributed by atoms with Gasteiger partial charge in [0.05, 0.1) is 6.61 Å². The van der Waals surface area contributed by atoms with Crippen LogP contribution >= 0.6 is 0 Å². The molecule has 0 saturated carbocycles. The summed E-state index contributed by atoms with van der Waals surface area (Å²) in [5, 5.41) is 9.67. The molecule has 0 fully saturated rings. The number of aliphatic hydroxyl groups is 1. The minimum atomic E-state index is -3.87. The Morgan fingerprint density at radius 3 is 2.43 bits per heavy atom. The highest BCUT2D eigenvalue weighted by Crippen LogP contribution is 2.36. The van der Waals surface area contributed by atoms with Crippen LogP contribution in [0.3, 0.4) is 0 Å². The molecule has 1 heterocycles. The lowest BCUT2D eigenvalue weighted by Gasteiger charge is -2.37. The monoisotopic (exact) mass is 436 g/mol. The summed E-state index contributed by atoms with van der Waals surface area (Å²) < 4.78 is 47.8. The zero-order valence-corrected chi connectivity index (χ0v) is 18.6. The number of hydrogen-bond donors (Lipinski definition) is 1. The number of sulfonamides is 1. The Labute approximate surface area is 177 Å². The van der Waals surface area contributed by atoms with Gasteiger partial charge in [-0.05, 0) is 56.4 Å². The van der Waals surface area contributed by atoms with E-state index in [2.05, 4.69) is 0 Å². The fourth-order valence-corrected chi connectivity index (χ4v) is 5.45. The average Bonchev–Trinajstić information content (AvgIpc) is 2.70. The van der Waals surface area contributed by atoms with E-state index in [-0.39, 0.29) is 41.6 Å². The minimum absolute atomic E-state index is 0.0734. The first-order valence-corrected chi connectivity index (χ1v) is 11.4. The fourth-order valence-electron chi connectivity index (χ4n) is 3.63. The summed E-state index contributed by atoms with van der Waals surface area (Å²) in [6, 6.07) is 10.4. The van der Waals surface area contributed by atoms with Crippen LogP contribution < -0.4 is 4.74 Å². The van der Waals surface area contributed by atoms with Crippen molar-refractivity contribution in [2.75, 3.05) is 33.8 Å². The van der Waals surface area contributed by atoms with Crippen molar-refractivity contribution in [1.82, 2.24) is 9.21 Å². The van der Waals surface area contributed by atoms with E-state index in [1.165, 1.54) is 22.5 Å². The van der Waals surface area contributed by atoms with Gasteiger partial charge in [0.1, 0.15) is 22.6 Å². The maximum atomic E-state index is 13.4. The molecule has 3 rings (SSSR count). The first kappa shape index (κ1) is 22.7. The van der Waals surface area contributed by atoms with Gasteiger partial charge in [0.15, 0.2) is 0 Å². The summed E-state index contributed by atoms with van der Waals surface area (Å²) in [6.07, 6.45) is -0.244. The summed E-state index contributed by atoms with van der Waals surface area (Å²) >= 11 is 0. The zero-order chi connectivity index (χ0) is 22.1. The van der Waals surface area contributed by atoms with Gasteiger partial charge in [-0.15, -0.1) is 0 Å². The van der Waals surface area contributed by atoms with Gasteiger partial charge in [-0.2, -0.15) is 4.31 Å². The van der Waals surface area contributed by atoms with Crippen molar-refractivity contribution >= 4 is 10.0 Å². The molecule has 30 heavy (non-hydrogen) atoms. The van der Waals surface area contributed by atoms with Gasteiger partial charge < -0.3 is 14.7 Å². The van der Waals surface area contributed by atoms with Crippen molar-refractivity contribution in [1.29, 1.82) is 0 Å². The highest BCUT2D eigenvalue weighted by Gasteiger charge is 2.37. The van der Waals surface area contributed by atoms with E-state index in [0.29, 0.717) is 6.54 Å². The molecule has 0 aliphatic carbocycles. The van der Waals surface area contributed by atoms with Gasteiger partial charge in [-0.3, -0.25) is 0 Å². The summed E-state index contributed by atoms with van der Waals surface area (Å²) in [5.74, 6) is -0.165. The molecule has 0 aromatic heterocycles. The molecule has 0 amide bonds. The van der Waals surface area contributed by atoms with E-state index in [4.69, 9.17) is 4.74 Å². The number of rotatable bonds is 5.